The average Bonchev–Trinajstić information content (AvgIpc) is 3.34. The second-order valence-corrected chi connectivity index (χ2v) is 7.97. The Balaban J connectivity index is 1.43. The van der Waals surface area contributed by atoms with Gasteiger partial charge in [0, 0.05) is 5.39 Å². The Kier molecular flexibility index (Phi) is 5.63. The van der Waals surface area contributed by atoms with Gasteiger partial charge in [0.1, 0.15) is 9.71 Å². The van der Waals surface area contributed by atoms with E-state index in [1.165, 1.54) is 11.3 Å². The van der Waals surface area contributed by atoms with Gasteiger partial charge in [-0.15, -0.1) is 11.3 Å². The van der Waals surface area contributed by atoms with Gasteiger partial charge in [0.15, 0.2) is 6.61 Å². The van der Waals surface area contributed by atoms with Crippen molar-refractivity contribution in [3.8, 4) is 5.69 Å². The van der Waals surface area contributed by atoms with Crippen LogP contribution in [0.15, 0.2) is 66.7 Å². The summed E-state index contributed by atoms with van der Waals surface area (Å²) >= 11 is 1.30. The standard InChI is InChI=1S/C23H21N3O3S/c1-15(17-9-5-3-6-10-17)24-21(27)14-29-23(28)20-13-19-16(2)25-26(22(19)30-20)18-11-7-4-8-12-18/h3-13,15H,14H2,1-2H3,(H,24,27)/t15-/m1/s1. The van der Waals surface area contributed by atoms with Gasteiger partial charge in [-0.1, -0.05) is 48.5 Å². The van der Waals surface area contributed by atoms with Crippen LogP contribution in [0.1, 0.15) is 33.9 Å². The summed E-state index contributed by atoms with van der Waals surface area (Å²) in [7, 11) is 0. The SMILES string of the molecule is Cc1nn(-c2ccccc2)c2sc(C(=O)OCC(=O)N[C@H](C)c3ccccc3)cc12. The van der Waals surface area contributed by atoms with Gasteiger partial charge in [-0.25, -0.2) is 9.48 Å². The zero-order chi connectivity index (χ0) is 21.1. The Bertz CT molecular complexity index is 1180. The van der Waals surface area contributed by atoms with Gasteiger partial charge in [0.2, 0.25) is 0 Å². The number of para-hydroxylation sites is 1. The summed E-state index contributed by atoms with van der Waals surface area (Å²) in [6.07, 6.45) is 0. The highest BCUT2D eigenvalue weighted by Gasteiger charge is 2.19. The quantitative estimate of drug-likeness (QED) is 0.469. The van der Waals surface area contributed by atoms with Crippen LogP contribution in [0.2, 0.25) is 0 Å². The second kappa shape index (κ2) is 8.51. The maximum atomic E-state index is 12.5. The Labute approximate surface area is 178 Å². The molecule has 0 saturated carbocycles. The molecule has 1 amide bonds. The van der Waals surface area contributed by atoms with Crippen molar-refractivity contribution in [1.29, 1.82) is 0 Å². The monoisotopic (exact) mass is 419 g/mol. The fourth-order valence-electron chi connectivity index (χ4n) is 3.20. The summed E-state index contributed by atoms with van der Waals surface area (Å²) in [6.45, 7) is 3.47. The van der Waals surface area contributed by atoms with Crippen molar-refractivity contribution in [3.63, 3.8) is 0 Å². The topological polar surface area (TPSA) is 73.2 Å². The van der Waals surface area contributed by atoms with Crippen molar-refractivity contribution in [1.82, 2.24) is 15.1 Å². The van der Waals surface area contributed by atoms with E-state index in [1.54, 1.807) is 6.07 Å². The first-order valence-corrected chi connectivity index (χ1v) is 10.4. The molecule has 1 N–H and O–H groups in total. The number of hydrogen-bond acceptors (Lipinski definition) is 5. The summed E-state index contributed by atoms with van der Waals surface area (Å²) in [5, 5.41) is 8.31. The number of amides is 1. The molecule has 4 aromatic rings. The van der Waals surface area contributed by atoms with E-state index in [0.717, 1.165) is 27.2 Å². The zero-order valence-electron chi connectivity index (χ0n) is 16.7. The van der Waals surface area contributed by atoms with E-state index in [0.29, 0.717) is 4.88 Å². The lowest BCUT2D eigenvalue weighted by atomic mass is 10.1. The van der Waals surface area contributed by atoms with Gasteiger partial charge in [0.05, 0.1) is 17.4 Å². The lowest BCUT2D eigenvalue weighted by molar-refractivity contribution is -0.124. The van der Waals surface area contributed by atoms with Crippen LogP contribution in [-0.4, -0.2) is 28.3 Å². The van der Waals surface area contributed by atoms with Gasteiger partial charge < -0.3 is 10.1 Å². The van der Waals surface area contributed by atoms with E-state index in [-0.39, 0.29) is 18.6 Å². The highest BCUT2D eigenvalue weighted by atomic mass is 32.1. The molecule has 0 spiro atoms. The van der Waals surface area contributed by atoms with Crippen LogP contribution in [0.25, 0.3) is 15.9 Å². The number of esters is 1. The van der Waals surface area contributed by atoms with E-state index in [4.69, 9.17) is 4.74 Å². The molecule has 7 heteroatoms. The fraction of sp³-hybridized carbons (Fsp3) is 0.174. The summed E-state index contributed by atoms with van der Waals surface area (Å²) in [6, 6.07) is 21.0. The minimum atomic E-state index is -0.516. The lowest BCUT2D eigenvalue weighted by Crippen LogP contribution is -2.31. The highest BCUT2D eigenvalue weighted by molar-refractivity contribution is 7.20. The Morgan fingerprint density at radius 3 is 2.47 bits per heavy atom. The number of carbonyl (C=O) groups excluding carboxylic acids is 2. The predicted molar refractivity (Wildman–Crippen MR) is 117 cm³/mol. The third kappa shape index (κ3) is 4.11. The second-order valence-electron chi connectivity index (χ2n) is 6.94. The molecule has 4 rings (SSSR count). The molecular formula is C23H21N3O3S. The van der Waals surface area contributed by atoms with Gasteiger partial charge in [-0.2, -0.15) is 5.10 Å². The highest BCUT2D eigenvalue weighted by Crippen LogP contribution is 2.30. The zero-order valence-corrected chi connectivity index (χ0v) is 17.5. The van der Waals surface area contributed by atoms with Crippen LogP contribution >= 0.6 is 11.3 Å². The molecule has 0 fully saturated rings. The van der Waals surface area contributed by atoms with Crippen LogP contribution in [0.3, 0.4) is 0 Å². The first-order valence-electron chi connectivity index (χ1n) is 9.59. The van der Waals surface area contributed by atoms with E-state index in [9.17, 15) is 9.59 Å². The van der Waals surface area contributed by atoms with Crippen LogP contribution in [0, 0.1) is 6.92 Å². The van der Waals surface area contributed by atoms with Gasteiger partial charge in [0.25, 0.3) is 5.91 Å². The lowest BCUT2D eigenvalue weighted by Gasteiger charge is -2.14. The number of rotatable bonds is 6. The molecule has 0 bridgehead atoms. The van der Waals surface area contributed by atoms with E-state index >= 15 is 0 Å². The maximum Gasteiger partial charge on any atom is 0.348 e. The molecule has 2 heterocycles. The summed E-state index contributed by atoms with van der Waals surface area (Å²) in [5.41, 5.74) is 2.74. The number of thiophene rings is 1. The Hall–Kier alpha value is -3.45. The van der Waals surface area contributed by atoms with Crippen molar-refractivity contribution < 1.29 is 14.3 Å². The molecule has 2 aromatic heterocycles. The summed E-state index contributed by atoms with van der Waals surface area (Å²) < 4.78 is 7.06. The Morgan fingerprint density at radius 1 is 1.10 bits per heavy atom. The summed E-state index contributed by atoms with van der Waals surface area (Å²) in [4.78, 5) is 26.0. The molecule has 0 aliphatic rings. The first kappa shape index (κ1) is 19.8. The summed E-state index contributed by atoms with van der Waals surface area (Å²) in [5.74, 6) is -0.856. The number of aromatic nitrogens is 2. The van der Waals surface area contributed by atoms with Crippen molar-refractivity contribution in [2.75, 3.05) is 6.61 Å². The number of fused-ring (bicyclic) bond motifs is 1. The van der Waals surface area contributed by atoms with Crippen molar-refractivity contribution >= 4 is 33.4 Å². The number of ether oxygens (including phenoxy) is 1. The van der Waals surface area contributed by atoms with Crippen molar-refractivity contribution in [2.45, 2.75) is 19.9 Å². The van der Waals surface area contributed by atoms with Gasteiger partial charge >= 0.3 is 5.97 Å². The minimum Gasteiger partial charge on any atom is -0.451 e. The normalized spacial score (nSPS) is 11.9. The Morgan fingerprint density at radius 2 is 1.77 bits per heavy atom. The van der Waals surface area contributed by atoms with Crippen LogP contribution in [0.5, 0.6) is 0 Å². The van der Waals surface area contributed by atoms with E-state index in [2.05, 4.69) is 10.4 Å². The maximum absolute atomic E-state index is 12.5. The molecule has 0 aliphatic carbocycles. The van der Waals surface area contributed by atoms with Crippen molar-refractivity contribution in [2.24, 2.45) is 0 Å². The molecule has 1 atom stereocenters. The largest absolute Gasteiger partial charge is 0.451 e. The number of carbonyl (C=O) groups is 2. The molecule has 0 radical (unpaired) electrons. The number of nitrogens with zero attached hydrogens (tertiary/aromatic N) is 2. The molecule has 0 saturated heterocycles. The number of hydrogen-bond donors (Lipinski definition) is 1. The molecule has 152 valence electrons. The third-order valence-corrected chi connectivity index (χ3v) is 5.85. The number of benzene rings is 2. The molecular weight excluding hydrogens is 398 g/mol. The first-order chi connectivity index (χ1) is 14.5. The molecule has 30 heavy (non-hydrogen) atoms. The fourth-order valence-corrected chi connectivity index (χ4v) is 4.28. The van der Waals surface area contributed by atoms with Crippen LogP contribution in [-0.2, 0) is 9.53 Å². The minimum absolute atomic E-state index is 0.166. The van der Waals surface area contributed by atoms with E-state index < -0.39 is 5.97 Å². The number of aryl methyl sites for hydroxylation is 1. The molecule has 6 nitrogen and oxygen atoms in total. The smallest absolute Gasteiger partial charge is 0.348 e. The predicted octanol–water partition coefficient (Wildman–Crippen LogP) is 4.43. The van der Waals surface area contributed by atoms with E-state index in [1.807, 2.05) is 79.2 Å². The van der Waals surface area contributed by atoms with Crippen LogP contribution < -0.4 is 5.32 Å². The van der Waals surface area contributed by atoms with Crippen LogP contribution in [0.4, 0.5) is 0 Å². The number of nitrogens with one attached hydrogen (secondary N) is 1. The molecule has 2 aromatic carbocycles. The molecule has 0 unspecified atom stereocenters. The average molecular weight is 420 g/mol. The van der Waals surface area contributed by atoms with Gasteiger partial charge in [-0.3, -0.25) is 4.79 Å². The van der Waals surface area contributed by atoms with Crippen molar-refractivity contribution in [3.05, 3.63) is 82.9 Å². The third-order valence-electron chi connectivity index (χ3n) is 4.76. The molecule has 0 aliphatic heterocycles. The van der Waals surface area contributed by atoms with Gasteiger partial charge in [-0.05, 0) is 37.6 Å².